The number of esters is 2. The van der Waals surface area contributed by atoms with Gasteiger partial charge in [0.1, 0.15) is 12.7 Å². The standard InChI is InChI=1S/C41H71O10P/c1-3-5-7-9-11-13-15-17-18-19-20-21-23-25-27-29-31-33-41(45)51-39(37-50-52(46,47)49-35-38(43)34-42)36-48-40(44)32-30-28-26-24-22-16-14-12-10-8-6-4-2/h11-14,17-18,20-21,25,27,38-39,42-43H,3-10,15-16,19,22-24,26,28-37H2,1-2H3,(H,46,47)/b13-11+,14-12+,18-17+,21-20+,27-25+/t38-,39+/m0/s1. The summed E-state index contributed by atoms with van der Waals surface area (Å²) in [4.78, 5) is 34.8. The first-order chi connectivity index (χ1) is 25.2. The third-order valence-corrected chi connectivity index (χ3v) is 8.85. The predicted molar refractivity (Wildman–Crippen MR) is 210 cm³/mol. The third-order valence-electron chi connectivity index (χ3n) is 7.89. The smallest absolute Gasteiger partial charge is 0.462 e. The van der Waals surface area contributed by atoms with Crippen molar-refractivity contribution in [2.75, 3.05) is 26.4 Å². The average molecular weight is 755 g/mol. The van der Waals surface area contributed by atoms with Crippen LogP contribution in [0.4, 0.5) is 0 Å². The molecule has 0 amide bonds. The van der Waals surface area contributed by atoms with Crippen molar-refractivity contribution in [2.45, 2.75) is 161 Å². The highest BCUT2D eigenvalue weighted by Gasteiger charge is 2.27. The Hall–Kier alpha value is -2.33. The second kappa shape index (κ2) is 37.0. The van der Waals surface area contributed by atoms with Crippen LogP contribution in [0.5, 0.6) is 0 Å². The first kappa shape index (κ1) is 49.7. The van der Waals surface area contributed by atoms with Gasteiger partial charge in [-0.15, -0.1) is 0 Å². The molecule has 0 aromatic carbocycles. The SMILES string of the molecule is CCCCC/C=C/C/C=C/C/C=C/C/C=C/CCCC(=O)O[C@H](COC(=O)CCCCCCC/C=C/CCCCC)COP(=O)(O)OC[C@@H](O)CO. The Morgan fingerprint density at radius 3 is 1.58 bits per heavy atom. The van der Waals surface area contributed by atoms with Gasteiger partial charge in [-0.1, -0.05) is 120 Å². The quantitative estimate of drug-likeness (QED) is 0.0244. The molecular formula is C41H71O10P. The second-order valence-electron chi connectivity index (χ2n) is 12.9. The van der Waals surface area contributed by atoms with Crippen LogP contribution in [0, 0.1) is 0 Å². The largest absolute Gasteiger partial charge is 0.472 e. The van der Waals surface area contributed by atoms with E-state index in [-0.39, 0.29) is 19.4 Å². The van der Waals surface area contributed by atoms with Crippen LogP contribution in [0.3, 0.4) is 0 Å². The molecule has 0 spiro atoms. The van der Waals surface area contributed by atoms with Crippen molar-refractivity contribution in [1.82, 2.24) is 0 Å². The van der Waals surface area contributed by atoms with Crippen molar-refractivity contribution in [2.24, 2.45) is 0 Å². The fourth-order valence-electron chi connectivity index (χ4n) is 4.80. The number of allylic oxidation sites excluding steroid dienone is 10. The molecule has 0 bridgehead atoms. The van der Waals surface area contributed by atoms with Gasteiger partial charge in [0.2, 0.25) is 0 Å². The van der Waals surface area contributed by atoms with Gasteiger partial charge in [0.25, 0.3) is 0 Å². The number of rotatable bonds is 36. The summed E-state index contributed by atoms with van der Waals surface area (Å²) < 4.78 is 32.5. The van der Waals surface area contributed by atoms with Crippen LogP contribution < -0.4 is 0 Å². The molecule has 3 atom stereocenters. The van der Waals surface area contributed by atoms with Gasteiger partial charge in [0, 0.05) is 12.8 Å². The second-order valence-corrected chi connectivity index (χ2v) is 14.4. The van der Waals surface area contributed by atoms with Crippen molar-refractivity contribution in [3.05, 3.63) is 60.8 Å². The number of carbonyl (C=O) groups is 2. The Morgan fingerprint density at radius 2 is 1.02 bits per heavy atom. The molecular weight excluding hydrogens is 683 g/mol. The molecule has 0 heterocycles. The van der Waals surface area contributed by atoms with E-state index in [1.807, 2.05) is 12.2 Å². The Balaban J connectivity index is 4.48. The highest BCUT2D eigenvalue weighted by atomic mass is 31.2. The summed E-state index contributed by atoms with van der Waals surface area (Å²) in [5.74, 6) is -1.01. The summed E-state index contributed by atoms with van der Waals surface area (Å²) in [5, 5.41) is 18.3. The van der Waals surface area contributed by atoms with E-state index in [0.717, 1.165) is 64.2 Å². The van der Waals surface area contributed by atoms with Gasteiger partial charge in [-0.05, 0) is 77.0 Å². The maximum atomic E-state index is 12.5. The fraction of sp³-hybridized carbons (Fsp3) is 0.707. The first-order valence-electron chi connectivity index (χ1n) is 19.7. The first-order valence-corrected chi connectivity index (χ1v) is 21.2. The van der Waals surface area contributed by atoms with Crippen LogP contribution in [0.2, 0.25) is 0 Å². The molecule has 0 fully saturated rings. The van der Waals surface area contributed by atoms with Crippen LogP contribution in [-0.4, -0.2) is 65.7 Å². The minimum Gasteiger partial charge on any atom is -0.462 e. The molecule has 0 aliphatic carbocycles. The summed E-state index contributed by atoms with van der Waals surface area (Å²) in [6, 6.07) is 0. The van der Waals surface area contributed by atoms with Crippen LogP contribution in [-0.2, 0) is 32.7 Å². The molecule has 0 aromatic heterocycles. The summed E-state index contributed by atoms with van der Waals surface area (Å²) >= 11 is 0. The fourth-order valence-corrected chi connectivity index (χ4v) is 5.59. The van der Waals surface area contributed by atoms with E-state index in [2.05, 4.69) is 67.0 Å². The molecule has 0 aliphatic heterocycles. The van der Waals surface area contributed by atoms with Gasteiger partial charge in [0.05, 0.1) is 19.8 Å². The topological polar surface area (TPSA) is 149 Å². The van der Waals surface area contributed by atoms with Crippen LogP contribution in [0.25, 0.3) is 0 Å². The van der Waals surface area contributed by atoms with Crippen molar-refractivity contribution >= 4 is 19.8 Å². The Morgan fingerprint density at radius 1 is 0.577 bits per heavy atom. The number of phosphoric acid groups is 1. The lowest BCUT2D eigenvalue weighted by Crippen LogP contribution is -2.29. The molecule has 1 unspecified atom stereocenters. The average Bonchev–Trinajstić information content (AvgIpc) is 3.13. The van der Waals surface area contributed by atoms with Crippen molar-refractivity contribution in [3.63, 3.8) is 0 Å². The van der Waals surface area contributed by atoms with Crippen LogP contribution >= 0.6 is 7.82 Å². The predicted octanol–water partition coefficient (Wildman–Crippen LogP) is 9.94. The Bertz CT molecular complexity index is 1050. The lowest BCUT2D eigenvalue weighted by molar-refractivity contribution is -0.161. The number of phosphoric ester groups is 1. The molecule has 0 radical (unpaired) electrons. The van der Waals surface area contributed by atoms with Gasteiger partial charge in [-0.25, -0.2) is 4.57 Å². The molecule has 0 saturated heterocycles. The van der Waals surface area contributed by atoms with Gasteiger partial charge < -0.3 is 24.6 Å². The zero-order valence-electron chi connectivity index (χ0n) is 32.3. The van der Waals surface area contributed by atoms with Gasteiger partial charge in [-0.2, -0.15) is 0 Å². The van der Waals surface area contributed by atoms with Crippen LogP contribution in [0.1, 0.15) is 149 Å². The number of unbranched alkanes of at least 4 members (excludes halogenated alkanes) is 12. The van der Waals surface area contributed by atoms with E-state index in [9.17, 15) is 24.2 Å². The maximum Gasteiger partial charge on any atom is 0.472 e. The molecule has 3 N–H and O–H groups in total. The molecule has 10 nitrogen and oxygen atoms in total. The van der Waals surface area contributed by atoms with Crippen molar-refractivity contribution in [3.8, 4) is 0 Å². The zero-order chi connectivity index (χ0) is 38.4. The van der Waals surface area contributed by atoms with Gasteiger partial charge in [-0.3, -0.25) is 18.6 Å². The van der Waals surface area contributed by atoms with E-state index in [1.54, 1.807) is 0 Å². The molecule has 300 valence electrons. The van der Waals surface area contributed by atoms with Gasteiger partial charge >= 0.3 is 19.8 Å². The minimum absolute atomic E-state index is 0.104. The summed E-state index contributed by atoms with van der Waals surface area (Å²) in [7, 11) is -4.63. The normalized spacial score (nSPS) is 14.6. The highest BCUT2D eigenvalue weighted by molar-refractivity contribution is 7.47. The molecule has 0 aliphatic rings. The number of aliphatic hydroxyl groups is 2. The van der Waals surface area contributed by atoms with E-state index in [1.165, 1.54) is 38.5 Å². The van der Waals surface area contributed by atoms with Crippen molar-refractivity contribution in [1.29, 1.82) is 0 Å². The lowest BCUT2D eigenvalue weighted by atomic mass is 10.1. The van der Waals surface area contributed by atoms with E-state index < -0.39 is 51.8 Å². The summed E-state index contributed by atoms with van der Waals surface area (Å²) in [6.07, 6.45) is 39.1. The number of carbonyl (C=O) groups excluding carboxylic acids is 2. The minimum atomic E-state index is -4.63. The Kier molecular flexibility index (Phi) is 35.3. The molecule has 52 heavy (non-hydrogen) atoms. The van der Waals surface area contributed by atoms with E-state index >= 15 is 0 Å². The number of hydrogen-bond acceptors (Lipinski definition) is 9. The Labute approximate surface area is 315 Å². The van der Waals surface area contributed by atoms with E-state index in [0.29, 0.717) is 19.3 Å². The monoisotopic (exact) mass is 754 g/mol. The molecule has 0 aromatic rings. The lowest BCUT2D eigenvalue weighted by Gasteiger charge is -2.20. The number of ether oxygens (including phenoxy) is 2. The number of aliphatic hydroxyl groups excluding tert-OH is 2. The third kappa shape index (κ3) is 36.0. The molecule has 0 rings (SSSR count). The maximum absolute atomic E-state index is 12.5. The summed E-state index contributed by atoms with van der Waals surface area (Å²) in [5.41, 5.74) is 0. The zero-order valence-corrected chi connectivity index (χ0v) is 33.1. The number of hydrogen-bond donors (Lipinski definition) is 3. The summed E-state index contributed by atoms with van der Waals surface area (Å²) in [6.45, 7) is 2.23. The van der Waals surface area contributed by atoms with Crippen molar-refractivity contribution < 1.29 is 47.8 Å². The van der Waals surface area contributed by atoms with Gasteiger partial charge in [0.15, 0.2) is 6.10 Å². The molecule has 0 saturated carbocycles. The van der Waals surface area contributed by atoms with E-state index in [4.69, 9.17) is 19.1 Å². The van der Waals surface area contributed by atoms with Crippen LogP contribution in [0.15, 0.2) is 60.8 Å². The molecule has 11 heteroatoms. The highest BCUT2D eigenvalue weighted by Crippen LogP contribution is 2.43.